The number of carbonyl (C=O) groups is 1. The summed E-state index contributed by atoms with van der Waals surface area (Å²) in [6.45, 7) is 3.79. The minimum absolute atomic E-state index is 0.308. The molecule has 0 spiro atoms. The van der Waals surface area contributed by atoms with Gasteiger partial charge in [-0.1, -0.05) is 12.1 Å². The molecule has 5 heteroatoms. The molecule has 0 aliphatic rings. The molecular weight excluding hydrogens is 342 g/mol. The summed E-state index contributed by atoms with van der Waals surface area (Å²) in [7, 11) is 1.67. The van der Waals surface area contributed by atoms with E-state index < -0.39 is 0 Å². The molecule has 0 amide bonds. The van der Waals surface area contributed by atoms with Gasteiger partial charge in [-0.2, -0.15) is 0 Å². The fourth-order valence-corrected chi connectivity index (χ4v) is 2.77. The molecule has 1 aromatic heterocycles. The Balaban J connectivity index is 1.55. The zero-order chi connectivity index (χ0) is 19.1. The number of nitrogens with two attached hydrogens (primary N) is 1. The Kier molecular flexibility index (Phi) is 6.28. The zero-order valence-corrected chi connectivity index (χ0v) is 15.6. The summed E-state index contributed by atoms with van der Waals surface area (Å²) < 4.78 is 16.1. The van der Waals surface area contributed by atoms with Crippen molar-refractivity contribution >= 4 is 5.97 Å². The van der Waals surface area contributed by atoms with Crippen LogP contribution in [-0.2, 0) is 17.8 Å². The van der Waals surface area contributed by atoms with Gasteiger partial charge in [0.25, 0.3) is 0 Å². The van der Waals surface area contributed by atoms with Crippen LogP contribution in [0.3, 0.4) is 0 Å². The molecule has 0 saturated carbocycles. The second kappa shape index (κ2) is 9.05. The van der Waals surface area contributed by atoms with Crippen molar-refractivity contribution in [3.63, 3.8) is 0 Å². The third-order valence-corrected chi connectivity index (χ3v) is 4.23. The normalized spacial score (nSPS) is 10.6. The van der Waals surface area contributed by atoms with E-state index >= 15 is 0 Å². The van der Waals surface area contributed by atoms with Crippen molar-refractivity contribution in [3.05, 3.63) is 77.6 Å². The van der Waals surface area contributed by atoms with Gasteiger partial charge in [0, 0.05) is 11.1 Å². The van der Waals surface area contributed by atoms with E-state index in [4.69, 9.17) is 13.9 Å². The number of esters is 1. The van der Waals surface area contributed by atoms with Gasteiger partial charge in [0.15, 0.2) is 5.76 Å². The van der Waals surface area contributed by atoms with Crippen molar-refractivity contribution < 1.29 is 24.0 Å². The molecule has 0 aliphatic heterocycles. The Labute approximate surface area is 158 Å². The van der Waals surface area contributed by atoms with E-state index in [9.17, 15) is 4.79 Å². The van der Waals surface area contributed by atoms with Gasteiger partial charge in [-0.05, 0) is 55.5 Å². The van der Waals surface area contributed by atoms with Crippen LogP contribution in [0, 0.1) is 0 Å². The Hall–Kier alpha value is -3.05. The van der Waals surface area contributed by atoms with E-state index in [2.05, 4.69) is 17.4 Å². The SMILES string of the molecule is CCOC(=O)c1ccc(-c2ccc(C[NH2+]Cc3ccc(OC)cc3)o2)cc1. The summed E-state index contributed by atoms with van der Waals surface area (Å²) in [6, 6.07) is 19.3. The molecule has 140 valence electrons. The first-order chi connectivity index (χ1) is 13.2. The van der Waals surface area contributed by atoms with Crippen molar-refractivity contribution in [1.29, 1.82) is 0 Å². The topological polar surface area (TPSA) is 65.3 Å². The second-order valence-corrected chi connectivity index (χ2v) is 6.11. The molecular formula is C22H24NO4+. The van der Waals surface area contributed by atoms with Crippen LogP contribution >= 0.6 is 0 Å². The zero-order valence-electron chi connectivity index (χ0n) is 15.6. The van der Waals surface area contributed by atoms with Gasteiger partial charge in [0.2, 0.25) is 0 Å². The van der Waals surface area contributed by atoms with Crippen LogP contribution in [0.1, 0.15) is 28.6 Å². The van der Waals surface area contributed by atoms with Gasteiger partial charge in [-0.3, -0.25) is 0 Å². The third-order valence-electron chi connectivity index (χ3n) is 4.23. The lowest BCUT2D eigenvalue weighted by atomic mass is 10.1. The maximum atomic E-state index is 11.7. The summed E-state index contributed by atoms with van der Waals surface area (Å²) in [4.78, 5) is 11.7. The number of hydrogen-bond acceptors (Lipinski definition) is 4. The lowest BCUT2D eigenvalue weighted by Crippen LogP contribution is -2.80. The molecule has 0 aliphatic carbocycles. The van der Waals surface area contributed by atoms with E-state index in [0.717, 1.165) is 35.9 Å². The van der Waals surface area contributed by atoms with Crippen LogP contribution in [0.15, 0.2) is 65.1 Å². The first-order valence-electron chi connectivity index (χ1n) is 9.00. The number of quaternary nitrogens is 1. The summed E-state index contributed by atoms with van der Waals surface area (Å²) in [5.74, 6) is 2.26. The number of methoxy groups -OCH3 is 1. The molecule has 0 unspecified atom stereocenters. The molecule has 27 heavy (non-hydrogen) atoms. The molecule has 0 atom stereocenters. The van der Waals surface area contributed by atoms with Gasteiger partial charge in [-0.15, -0.1) is 0 Å². The molecule has 0 saturated heterocycles. The Morgan fingerprint density at radius 2 is 1.70 bits per heavy atom. The summed E-state index contributed by atoms with van der Waals surface area (Å²) in [6.07, 6.45) is 0. The molecule has 0 radical (unpaired) electrons. The standard InChI is InChI=1S/C22H23NO4/c1-3-26-22(24)18-8-6-17(7-9-18)21-13-12-20(27-21)15-23-14-16-4-10-19(25-2)11-5-16/h4-13,23H,3,14-15H2,1-2H3/p+1. The number of furan rings is 1. The number of carbonyl (C=O) groups excluding carboxylic acids is 1. The van der Waals surface area contributed by atoms with Crippen LogP contribution in [-0.4, -0.2) is 19.7 Å². The molecule has 5 nitrogen and oxygen atoms in total. The monoisotopic (exact) mass is 366 g/mol. The van der Waals surface area contributed by atoms with Gasteiger partial charge >= 0.3 is 5.97 Å². The van der Waals surface area contributed by atoms with Gasteiger partial charge in [-0.25, -0.2) is 4.79 Å². The Morgan fingerprint density at radius 1 is 0.963 bits per heavy atom. The van der Waals surface area contributed by atoms with Crippen LogP contribution in [0.2, 0.25) is 0 Å². The Morgan fingerprint density at radius 3 is 2.37 bits per heavy atom. The smallest absolute Gasteiger partial charge is 0.338 e. The highest BCUT2D eigenvalue weighted by Gasteiger charge is 2.09. The highest BCUT2D eigenvalue weighted by molar-refractivity contribution is 5.89. The molecule has 1 heterocycles. The minimum Gasteiger partial charge on any atom is -0.497 e. The Bertz CT molecular complexity index is 866. The fraction of sp³-hybridized carbons (Fsp3) is 0.227. The predicted octanol–water partition coefficient (Wildman–Crippen LogP) is 3.40. The molecule has 2 N–H and O–H groups in total. The first-order valence-corrected chi connectivity index (χ1v) is 9.00. The number of ether oxygens (including phenoxy) is 2. The molecule has 0 fully saturated rings. The predicted molar refractivity (Wildman–Crippen MR) is 102 cm³/mol. The fourth-order valence-electron chi connectivity index (χ4n) is 2.77. The summed E-state index contributed by atoms with van der Waals surface area (Å²) in [5, 5.41) is 2.19. The average Bonchev–Trinajstić information content (AvgIpc) is 3.18. The highest BCUT2D eigenvalue weighted by atomic mass is 16.5. The molecule has 3 rings (SSSR count). The van der Waals surface area contributed by atoms with Crippen molar-refractivity contribution in [2.75, 3.05) is 13.7 Å². The molecule has 0 bridgehead atoms. The summed E-state index contributed by atoms with van der Waals surface area (Å²) >= 11 is 0. The second-order valence-electron chi connectivity index (χ2n) is 6.11. The quantitative estimate of drug-likeness (QED) is 0.621. The lowest BCUT2D eigenvalue weighted by Gasteiger charge is -2.03. The number of benzene rings is 2. The van der Waals surface area contributed by atoms with Crippen LogP contribution in [0.4, 0.5) is 0 Å². The van der Waals surface area contributed by atoms with E-state index in [0.29, 0.717) is 12.2 Å². The van der Waals surface area contributed by atoms with Crippen molar-refractivity contribution in [1.82, 2.24) is 0 Å². The van der Waals surface area contributed by atoms with Crippen molar-refractivity contribution in [3.8, 4) is 17.1 Å². The number of rotatable bonds is 8. The maximum absolute atomic E-state index is 11.7. The van der Waals surface area contributed by atoms with Crippen molar-refractivity contribution in [2.45, 2.75) is 20.0 Å². The highest BCUT2D eigenvalue weighted by Crippen LogP contribution is 2.22. The molecule has 2 aromatic carbocycles. The van der Waals surface area contributed by atoms with Crippen LogP contribution in [0.5, 0.6) is 5.75 Å². The van der Waals surface area contributed by atoms with Gasteiger partial charge in [0.1, 0.15) is 24.6 Å². The summed E-state index contributed by atoms with van der Waals surface area (Å²) in [5.41, 5.74) is 2.71. The minimum atomic E-state index is -0.308. The van der Waals surface area contributed by atoms with Crippen LogP contribution < -0.4 is 10.1 Å². The first kappa shape index (κ1) is 18.7. The third kappa shape index (κ3) is 4.99. The van der Waals surface area contributed by atoms with E-state index in [-0.39, 0.29) is 5.97 Å². The van der Waals surface area contributed by atoms with E-state index in [1.165, 1.54) is 5.56 Å². The van der Waals surface area contributed by atoms with E-state index in [1.807, 2.05) is 36.4 Å². The number of hydrogen-bond donors (Lipinski definition) is 1. The molecule has 3 aromatic rings. The maximum Gasteiger partial charge on any atom is 0.338 e. The van der Waals surface area contributed by atoms with Crippen LogP contribution in [0.25, 0.3) is 11.3 Å². The van der Waals surface area contributed by atoms with Gasteiger partial charge < -0.3 is 19.2 Å². The van der Waals surface area contributed by atoms with E-state index in [1.54, 1.807) is 26.2 Å². The van der Waals surface area contributed by atoms with Crippen molar-refractivity contribution in [2.24, 2.45) is 0 Å². The largest absolute Gasteiger partial charge is 0.497 e. The average molecular weight is 366 g/mol. The van der Waals surface area contributed by atoms with Gasteiger partial charge in [0.05, 0.1) is 19.3 Å². The lowest BCUT2D eigenvalue weighted by molar-refractivity contribution is -0.687.